The summed E-state index contributed by atoms with van der Waals surface area (Å²) in [5.74, 6) is -1.28. The number of amides is 1. The minimum Gasteiger partial charge on any atom is -0.481 e. The van der Waals surface area contributed by atoms with Crippen LogP contribution in [0.15, 0.2) is 22.9 Å². The lowest BCUT2D eigenvalue weighted by Crippen LogP contribution is -2.35. The summed E-state index contributed by atoms with van der Waals surface area (Å²) in [4.78, 5) is 26.3. The van der Waals surface area contributed by atoms with Crippen LogP contribution in [-0.2, 0) is 9.53 Å². The molecule has 6 nitrogen and oxygen atoms in total. The van der Waals surface area contributed by atoms with Crippen LogP contribution >= 0.6 is 15.9 Å². The van der Waals surface area contributed by atoms with Crippen LogP contribution in [0.4, 0.5) is 0 Å². The second-order valence-corrected chi connectivity index (χ2v) is 4.69. The smallest absolute Gasteiger partial charge is 0.306 e. The van der Waals surface area contributed by atoms with Gasteiger partial charge in [-0.25, -0.2) is 0 Å². The van der Waals surface area contributed by atoms with E-state index in [1.165, 1.54) is 6.20 Å². The van der Waals surface area contributed by atoms with Gasteiger partial charge in [0, 0.05) is 30.0 Å². The number of hydrogen-bond acceptors (Lipinski definition) is 4. The summed E-state index contributed by atoms with van der Waals surface area (Å²) >= 11 is 3.22. The molecule has 1 aromatic heterocycles. The van der Waals surface area contributed by atoms with Crippen molar-refractivity contribution >= 4 is 27.8 Å². The van der Waals surface area contributed by atoms with E-state index in [1.807, 2.05) is 0 Å². The molecule has 7 heteroatoms. The van der Waals surface area contributed by atoms with Crippen molar-refractivity contribution in [3.63, 3.8) is 0 Å². The van der Waals surface area contributed by atoms with Gasteiger partial charge < -0.3 is 15.2 Å². The van der Waals surface area contributed by atoms with E-state index < -0.39 is 12.1 Å². The van der Waals surface area contributed by atoms with Crippen LogP contribution in [0.25, 0.3) is 0 Å². The highest BCUT2D eigenvalue weighted by molar-refractivity contribution is 9.10. The number of aliphatic carboxylic acids is 1. The maximum absolute atomic E-state index is 11.8. The Labute approximate surface area is 119 Å². The molecular formula is C12H15BrN2O4. The molecule has 1 atom stereocenters. The van der Waals surface area contributed by atoms with Crippen molar-refractivity contribution in [3.8, 4) is 0 Å². The van der Waals surface area contributed by atoms with Crippen molar-refractivity contribution < 1.29 is 19.4 Å². The van der Waals surface area contributed by atoms with Crippen molar-refractivity contribution in [2.75, 3.05) is 13.2 Å². The van der Waals surface area contributed by atoms with Gasteiger partial charge in [0.25, 0.3) is 5.91 Å². The van der Waals surface area contributed by atoms with Gasteiger partial charge >= 0.3 is 5.97 Å². The SMILES string of the molecule is CCOC(CNC(=O)c1cncc(Br)c1)CC(=O)O. The summed E-state index contributed by atoms with van der Waals surface area (Å²) in [6.07, 6.45) is 2.33. The fourth-order valence-electron chi connectivity index (χ4n) is 1.47. The Morgan fingerprint density at radius 2 is 2.26 bits per heavy atom. The Kier molecular flexibility index (Phi) is 6.44. The van der Waals surface area contributed by atoms with Gasteiger partial charge in [0.1, 0.15) is 0 Å². The zero-order valence-corrected chi connectivity index (χ0v) is 12.0. The van der Waals surface area contributed by atoms with Gasteiger partial charge in [-0.3, -0.25) is 14.6 Å². The van der Waals surface area contributed by atoms with Crippen LogP contribution in [0.1, 0.15) is 23.7 Å². The molecule has 0 spiro atoms. The molecule has 0 aliphatic rings. The Balaban J connectivity index is 2.53. The predicted molar refractivity (Wildman–Crippen MR) is 71.9 cm³/mol. The molecule has 104 valence electrons. The summed E-state index contributed by atoms with van der Waals surface area (Å²) in [6, 6.07) is 1.63. The summed E-state index contributed by atoms with van der Waals surface area (Å²) in [6.45, 7) is 2.31. The molecule has 0 saturated carbocycles. The fraction of sp³-hybridized carbons (Fsp3) is 0.417. The van der Waals surface area contributed by atoms with Gasteiger partial charge in [0.2, 0.25) is 0 Å². The third kappa shape index (κ3) is 5.80. The maximum atomic E-state index is 11.8. The normalized spacial score (nSPS) is 11.9. The molecule has 19 heavy (non-hydrogen) atoms. The van der Waals surface area contributed by atoms with E-state index in [0.29, 0.717) is 16.6 Å². The number of carbonyl (C=O) groups excluding carboxylic acids is 1. The van der Waals surface area contributed by atoms with Crippen molar-refractivity contribution in [2.24, 2.45) is 0 Å². The highest BCUT2D eigenvalue weighted by atomic mass is 79.9. The number of aromatic nitrogens is 1. The van der Waals surface area contributed by atoms with Crippen molar-refractivity contribution in [3.05, 3.63) is 28.5 Å². The molecular weight excluding hydrogens is 316 g/mol. The first-order chi connectivity index (χ1) is 9.02. The van der Waals surface area contributed by atoms with Crippen molar-refractivity contribution in [2.45, 2.75) is 19.4 Å². The molecule has 1 heterocycles. The zero-order valence-electron chi connectivity index (χ0n) is 10.4. The Morgan fingerprint density at radius 1 is 1.53 bits per heavy atom. The first-order valence-electron chi connectivity index (χ1n) is 5.75. The van der Waals surface area contributed by atoms with Crippen molar-refractivity contribution in [1.82, 2.24) is 10.3 Å². The maximum Gasteiger partial charge on any atom is 0.306 e. The third-order valence-electron chi connectivity index (χ3n) is 2.26. The number of nitrogens with one attached hydrogen (secondary N) is 1. The number of carbonyl (C=O) groups is 2. The van der Waals surface area contributed by atoms with Crippen LogP contribution in [0.3, 0.4) is 0 Å². The molecule has 0 radical (unpaired) electrons. The van der Waals surface area contributed by atoms with Gasteiger partial charge in [-0.15, -0.1) is 0 Å². The first-order valence-corrected chi connectivity index (χ1v) is 6.54. The minimum absolute atomic E-state index is 0.144. The average molecular weight is 331 g/mol. The molecule has 1 amide bonds. The second-order valence-electron chi connectivity index (χ2n) is 3.78. The quantitative estimate of drug-likeness (QED) is 0.790. The monoisotopic (exact) mass is 330 g/mol. The first kappa shape index (κ1) is 15.6. The van der Waals surface area contributed by atoms with E-state index in [0.717, 1.165) is 0 Å². The largest absolute Gasteiger partial charge is 0.481 e. The van der Waals surface area contributed by atoms with E-state index in [-0.39, 0.29) is 18.9 Å². The number of ether oxygens (including phenoxy) is 1. The van der Waals surface area contributed by atoms with Crippen LogP contribution in [0.2, 0.25) is 0 Å². The molecule has 1 rings (SSSR count). The van der Waals surface area contributed by atoms with Crippen LogP contribution in [-0.4, -0.2) is 41.2 Å². The minimum atomic E-state index is -0.961. The molecule has 0 saturated heterocycles. The van der Waals surface area contributed by atoms with Crippen LogP contribution in [0, 0.1) is 0 Å². The predicted octanol–water partition coefficient (Wildman–Crippen LogP) is 1.45. The Morgan fingerprint density at radius 3 is 2.84 bits per heavy atom. The number of pyridine rings is 1. The zero-order chi connectivity index (χ0) is 14.3. The second kappa shape index (κ2) is 7.85. The molecule has 1 aromatic rings. The molecule has 0 aliphatic heterocycles. The summed E-state index contributed by atoms with van der Waals surface area (Å²) in [5.41, 5.74) is 0.403. The number of hydrogen-bond donors (Lipinski definition) is 2. The van der Waals surface area contributed by atoms with Gasteiger partial charge in [0.05, 0.1) is 18.1 Å². The average Bonchev–Trinajstić information content (AvgIpc) is 2.35. The number of halogens is 1. The third-order valence-corrected chi connectivity index (χ3v) is 2.70. The fourth-order valence-corrected chi connectivity index (χ4v) is 1.83. The lowest BCUT2D eigenvalue weighted by atomic mass is 10.2. The van der Waals surface area contributed by atoms with Crippen LogP contribution < -0.4 is 5.32 Å². The van der Waals surface area contributed by atoms with E-state index >= 15 is 0 Å². The number of nitrogens with zero attached hydrogens (tertiary/aromatic N) is 1. The van der Waals surface area contributed by atoms with E-state index in [2.05, 4.69) is 26.2 Å². The molecule has 0 aliphatic carbocycles. The Hall–Kier alpha value is -1.47. The highest BCUT2D eigenvalue weighted by Gasteiger charge is 2.15. The summed E-state index contributed by atoms with van der Waals surface area (Å²) in [5, 5.41) is 11.3. The number of carboxylic acids is 1. The molecule has 1 unspecified atom stereocenters. The standard InChI is InChI=1S/C12H15BrN2O4/c1-2-19-10(4-11(16)17)7-15-12(18)8-3-9(13)6-14-5-8/h3,5-6,10H,2,4,7H2,1H3,(H,15,18)(H,16,17). The number of carboxylic acid groups (broad SMARTS) is 1. The van der Waals surface area contributed by atoms with E-state index in [9.17, 15) is 9.59 Å². The molecule has 0 bridgehead atoms. The lowest BCUT2D eigenvalue weighted by molar-refractivity contribution is -0.140. The Bertz CT molecular complexity index is 453. The van der Waals surface area contributed by atoms with Crippen LogP contribution in [0.5, 0.6) is 0 Å². The molecule has 0 aromatic carbocycles. The van der Waals surface area contributed by atoms with Crippen molar-refractivity contribution in [1.29, 1.82) is 0 Å². The van der Waals surface area contributed by atoms with E-state index in [1.54, 1.807) is 19.2 Å². The van der Waals surface area contributed by atoms with E-state index in [4.69, 9.17) is 9.84 Å². The topological polar surface area (TPSA) is 88.5 Å². The summed E-state index contributed by atoms with van der Waals surface area (Å²) < 4.78 is 5.94. The molecule has 0 fully saturated rings. The highest BCUT2D eigenvalue weighted by Crippen LogP contribution is 2.09. The van der Waals surface area contributed by atoms with Gasteiger partial charge in [-0.05, 0) is 28.9 Å². The number of rotatable bonds is 7. The molecule has 2 N–H and O–H groups in total. The summed E-state index contributed by atoms with van der Waals surface area (Å²) in [7, 11) is 0. The van der Waals surface area contributed by atoms with Gasteiger partial charge in [0.15, 0.2) is 0 Å². The van der Waals surface area contributed by atoms with Gasteiger partial charge in [-0.2, -0.15) is 0 Å². The van der Waals surface area contributed by atoms with Gasteiger partial charge in [-0.1, -0.05) is 0 Å². The lowest BCUT2D eigenvalue weighted by Gasteiger charge is -2.15.